The van der Waals surface area contributed by atoms with E-state index in [1.165, 1.54) is 0 Å². The summed E-state index contributed by atoms with van der Waals surface area (Å²) in [5.74, 6) is -0.587. The van der Waals surface area contributed by atoms with Crippen molar-refractivity contribution in [2.75, 3.05) is 13.2 Å². The molecule has 1 rings (SSSR count). The molecule has 11 heavy (non-hydrogen) atoms. The van der Waals surface area contributed by atoms with Gasteiger partial charge < -0.3 is 15.6 Å². The van der Waals surface area contributed by atoms with Crippen molar-refractivity contribution in [2.45, 2.75) is 18.9 Å². The molecule has 64 valence electrons. The standard InChI is InChI=1S/C7H13NO3/c8-6(3-7(9)10)5-1-2-11-4-5/h5-6H,1-4,8H2,(H,9,10)/t5-,6-/m0/s1. The molecule has 1 aliphatic rings. The summed E-state index contributed by atoms with van der Waals surface area (Å²) in [5.41, 5.74) is 5.62. The van der Waals surface area contributed by atoms with Crippen LogP contribution in [0.15, 0.2) is 0 Å². The monoisotopic (exact) mass is 159 g/mol. The molecule has 4 heteroatoms. The Morgan fingerprint density at radius 2 is 2.55 bits per heavy atom. The highest BCUT2D eigenvalue weighted by Gasteiger charge is 2.24. The van der Waals surface area contributed by atoms with Gasteiger partial charge in [-0.15, -0.1) is 0 Å². The lowest BCUT2D eigenvalue weighted by atomic mass is 9.97. The van der Waals surface area contributed by atoms with E-state index in [2.05, 4.69) is 0 Å². The number of carboxylic acid groups (broad SMARTS) is 1. The molecule has 0 aliphatic carbocycles. The molecule has 0 spiro atoms. The first-order valence-corrected chi connectivity index (χ1v) is 3.75. The van der Waals surface area contributed by atoms with Crippen LogP contribution >= 0.6 is 0 Å². The van der Waals surface area contributed by atoms with Crippen molar-refractivity contribution in [2.24, 2.45) is 11.7 Å². The van der Waals surface area contributed by atoms with Crippen molar-refractivity contribution < 1.29 is 14.6 Å². The predicted molar refractivity (Wildman–Crippen MR) is 39.2 cm³/mol. The number of carbonyl (C=O) groups is 1. The number of hydrogen-bond acceptors (Lipinski definition) is 3. The molecule has 0 aromatic rings. The molecule has 0 radical (unpaired) electrons. The van der Waals surface area contributed by atoms with Gasteiger partial charge in [-0.3, -0.25) is 4.79 Å². The van der Waals surface area contributed by atoms with E-state index in [1.54, 1.807) is 0 Å². The minimum atomic E-state index is -0.829. The summed E-state index contributed by atoms with van der Waals surface area (Å²) in [5, 5.41) is 8.42. The second kappa shape index (κ2) is 3.69. The Hall–Kier alpha value is -0.610. The molecule has 0 amide bonds. The summed E-state index contributed by atoms with van der Waals surface area (Å²) in [6.07, 6.45) is 0.947. The minimum absolute atomic E-state index is 0.0496. The Labute approximate surface area is 65.3 Å². The molecule has 4 nitrogen and oxygen atoms in total. The lowest BCUT2D eigenvalue weighted by Gasteiger charge is -2.14. The van der Waals surface area contributed by atoms with Gasteiger partial charge in [0.25, 0.3) is 0 Å². The fourth-order valence-corrected chi connectivity index (χ4v) is 1.26. The van der Waals surface area contributed by atoms with E-state index in [1.807, 2.05) is 0 Å². The first kappa shape index (κ1) is 8.49. The van der Waals surface area contributed by atoms with Crippen LogP contribution in [0.5, 0.6) is 0 Å². The van der Waals surface area contributed by atoms with Gasteiger partial charge in [0.05, 0.1) is 13.0 Å². The summed E-state index contributed by atoms with van der Waals surface area (Å²) in [7, 11) is 0. The van der Waals surface area contributed by atoms with E-state index in [-0.39, 0.29) is 18.4 Å². The van der Waals surface area contributed by atoms with Crippen LogP contribution in [-0.2, 0) is 9.53 Å². The third-order valence-corrected chi connectivity index (χ3v) is 1.98. The average Bonchev–Trinajstić information content (AvgIpc) is 2.35. The molecule has 0 aromatic carbocycles. The molecule has 3 N–H and O–H groups in total. The maximum atomic E-state index is 10.2. The van der Waals surface area contributed by atoms with Crippen LogP contribution < -0.4 is 5.73 Å². The molecule has 0 unspecified atom stereocenters. The molecule has 1 aliphatic heterocycles. The van der Waals surface area contributed by atoms with Gasteiger partial charge in [0.2, 0.25) is 0 Å². The van der Waals surface area contributed by atoms with Crippen LogP contribution in [0.1, 0.15) is 12.8 Å². The number of ether oxygens (including phenoxy) is 1. The van der Waals surface area contributed by atoms with Crippen LogP contribution in [-0.4, -0.2) is 30.3 Å². The van der Waals surface area contributed by atoms with Gasteiger partial charge in [0.15, 0.2) is 0 Å². The molecule has 0 aromatic heterocycles. The fraction of sp³-hybridized carbons (Fsp3) is 0.857. The van der Waals surface area contributed by atoms with Gasteiger partial charge in [0, 0.05) is 18.6 Å². The Morgan fingerprint density at radius 1 is 1.82 bits per heavy atom. The van der Waals surface area contributed by atoms with Gasteiger partial charge >= 0.3 is 5.97 Å². The van der Waals surface area contributed by atoms with Crippen molar-refractivity contribution in [1.82, 2.24) is 0 Å². The first-order valence-electron chi connectivity index (χ1n) is 3.75. The summed E-state index contributed by atoms with van der Waals surface area (Å²) in [6, 6.07) is -0.241. The van der Waals surface area contributed by atoms with E-state index in [0.717, 1.165) is 13.0 Å². The molecular weight excluding hydrogens is 146 g/mol. The molecule has 0 saturated carbocycles. The zero-order valence-corrected chi connectivity index (χ0v) is 6.32. The van der Waals surface area contributed by atoms with Crippen LogP contribution in [0.2, 0.25) is 0 Å². The van der Waals surface area contributed by atoms with Gasteiger partial charge in [0.1, 0.15) is 0 Å². The number of aliphatic carboxylic acids is 1. The minimum Gasteiger partial charge on any atom is -0.481 e. The number of nitrogens with two attached hydrogens (primary N) is 1. The van der Waals surface area contributed by atoms with Crippen molar-refractivity contribution in [3.05, 3.63) is 0 Å². The predicted octanol–water partition coefficient (Wildman–Crippen LogP) is -0.175. The first-order chi connectivity index (χ1) is 5.20. The highest BCUT2D eigenvalue weighted by atomic mass is 16.5. The molecule has 2 atom stereocenters. The van der Waals surface area contributed by atoms with E-state index < -0.39 is 5.97 Å². The quantitative estimate of drug-likeness (QED) is 0.599. The van der Waals surface area contributed by atoms with E-state index in [0.29, 0.717) is 6.61 Å². The Kier molecular flexibility index (Phi) is 2.84. The Morgan fingerprint density at radius 3 is 3.00 bits per heavy atom. The summed E-state index contributed by atoms with van der Waals surface area (Å²) in [4.78, 5) is 10.2. The number of rotatable bonds is 3. The topological polar surface area (TPSA) is 72.6 Å². The van der Waals surface area contributed by atoms with Crippen LogP contribution in [0.25, 0.3) is 0 Å². The highest BCUT2D eigenvalue weighted by Crippen LogP contribution is 2.16. The summed E-state index contributed by atoms with van der Waals surface area (Å²) in [6.45, 7) is 1.34. The largest absolute Gasteiger partial charge is 0.481 e. The second-order valence-electron chi connectivity index (χ2n) is 2.89. The number of hydrogen-bond donors (Lipinski definition) is 2. The molecular formula is C7H13NO3. The van der Waals surface area contributed by atoms with E-state index >= 15 is 0 Å². The molecule has 1 saturated heterocycles. The van der Waals surface area contributed by atoms with Crippen molar-refractivity contribution in [3.8, 4) is 0 Å². The van der Waals surface area contributed by atoms with Crippen LogP contribution in [0.4, 0.5) is 0 Å². The van der Waals surface area contributed by atoms with E-state index in [9.17, 15) is 4.79 Å². The lowest BCUT2D eigenvalue weighted by molar-refractivity contribution is -0.137. The van der Waals surface area contributed by atoms with Crippen LogP contribution in [0.3, 0.4) is 0 Å². The maximum absolute atomic E-state index is 10.2. The van der Waals surface area contributed by atoms with Crippen molar-refractivity contribution in [3.63, 3.8) is 0 Å². The van der Waals surface area contributed by atoms with Gasteiger partial charge in [-0.25, -0.2) is 0 Å². The van der Waals surface area contributed by atoms with Gasteiger partial charge in [-0.1, -0.05) is 0 Å². The van der Waals surface area contributed by atoms with E-state index in [4.69, 9.17) is 15.6 Å². The second-order valence-corrected chi connectivity index (χ2v) is 2.89. The fourth-order valence-electron chi connectivity index (χ4n) is 1.26. The highest BCUT2D eigenvalue weighted by molar-refractivity contribution is 5.67. The van der Waals surface area contributed by atoms with Crippen molar-refractivity contribution >= 4 is 5.97 Å². The maximum Gasteiger partial charge on any atom is 0.304 e. The van der Waals surface area contributed by atoms with Gasteiger partial charge in [-0.05, 0) is 6.42 Å². The van der Waals surface area contributed by atoms with Gasteiger partial charge in [-0.2, -0.15) is 0 Å². The average molecular weight is 159 g/mol. The van der Waals surface area contributed by atoms with Crippen LogP contribution in [0, 0.1) is 5.92 Å². The third-order valence-electron chi connectivity index (χ3n) is 1.98. The smallest absolute Gasteiger partial charge is 0.304 e. The Balaban J connectivity index is 2.28. The number of carboxylic acids is 1. The molecule has 1 fully saturated rings. The Bertz CT molecular complexity index is 143. The third kappa shape index (κ3) is 2.48. The SMILES string of the molecule is N[C@@H](CC(=O)O)[C@H]1CCOC1. The summed E-state index contributed by atoms with van der Waals surface area (Å²) >= 11 is 0. The zero-order chi connectivity index (χ0) is 8.27. The lowest BCUT2D eigenvalue weighted by Crippen LogP contribution is -2.32. The molecule has 0 bridgehead atoms. The zero-order valence-electron chi connectivity index (χ0n) is 6.32. The van der Waals surface area contributed by atoms with Crippen molar-refractivity contribution in [1.29, 1.82) is 0 Å². The normalized spacial score (nSPS) is 26.8. The summed E-state index contributed by atoms with van der Waals surface area (Å²) < 4.78 is 5.09. The molecule has 1 heterocycles.